The van der Waals surface area contributed by atoms with E-state index in [0.717, 1.165) is 26.8 Å². The van der Waals surface area contributed by atoms with Gasteiger partial charge >= 0.3 is 11.9 Å². The number of pyridine rings is 2. The molecule has 4 N–H and O–H groups in total. The summed E-state index contributed by atoms with van der Waals surface area (Å²) in [5.74, 6) is -2.71. The topological polar surface area (TPSA) is 190 Å². The highest BCUT2D eigenvalue weighted by Gasteiger charge is 2.10. The lowest BCUT2D eigenvalue weighted by molar-refractivity contribution is 0.0684. The number of aromatic nitrogens is 2. The number of halogens is 1. The molecule has 0 amide bonds. The van der Waals surface area contributed by atoms with Crippen molar-refractivity contribution in [2.24, 2.45) is 20.5 Å². The SMILES string of the molecule is O=C(O)c1cc(N=Nc2ccc(-c3ccc(N=Nc4c[nH]c(=O)c(C(=O)O)c4)c(I)c3)cc2)c[nH]c1=O. The molecule has 13 heteroatoms. The Morgan fingerprint density at radius 1 is 0.649 bits per heavy atom. The molecule has 0 aliphatic rings. The van der Waals surface area contributed by atoms with E-state index >= 15 is 0 Å². The lowest BCUT2D eigenvalue weighted by Gasteiger charge is -2.05. The Morgan fingerprint density at radius 3 is 1.65 bits per heavy atom. The van der Waals surface area contributed by atoms with Crippen LogP contribution in [0.15, 0.2) is 97.0 Å². The number of H-pyrrole nitrogens is 2. The molecule has 0 atom stereocenters. The van der Waals surface area contributed by atoms with Crippen molar-refractivity contribution < 1.29 is 19.8 Å². The van der Waals surface area contributed by atoms with Crippen molar-refractivity contribution in [1.82, 2.24) is 9.97 Å². The summed E-state index contributed by atoms with van der Waals surface area (Å²) >= 11 is 2.11. The number of nitrogens with zero attached hydrogens (tertiary/aromatic N) is 4. The quantitative estimate of drug-likeness (QED) is 0.156. The monoisotopic (exact) mass is 610 g/mol. The Kier molecular flexibility index (Phi) is 7.43. The van der Waals surface area contributed by atoms with E-state index in [4.69, 9.17) is 10.2 Å². The summed E-state index contributed by atoms with van der Waals surface area (Å²) in [5.41, 5.74) is 0.974. The molecule has 0 saturated carbocycles. The third-order valence-corrected chi connectivity index (χ3v) is 5.80. The van der Waals surface area contributed by atoms with Crippen molar-refractivity contribution in [3.8, 4) is 11.1 Å². The van der Waals surface area contributed by atoms with E-state index in [-0.39, 0.29) is 11.4 Å². The van der Waals surface area contributed by atoms with Crippen LogP contribution >= 0.6 is 22.6 Å². The lowest BCUT2D eigenvalue weighted by Crippen LogP contribution is -2.16. The second-order valence-corrected chi connectivity index (χ2v) is 8.59. The van der Waals surface area contributed by atoms with Crippen LogP contribution in [0.2, 0.25) is 0 Å². The molecule has 12 nitrogen and oxygen atoms in total. The van der Waals surface area contributed by atoms with E-state index < -0.39 is 34.2 Å². The summed E-state index contributed by atoms with van der Waals surface area (Å²) in [6.07, 6.45) is 2.55. The number of azo groups is 2. The van der Waals surface area contributed by atoms with E-state index in [0.29, 0.717) is 11.4 Å². The van der Waals surface area contributed by atoms with Gasteiger partial charge in [0.1, 0.15) is 22.5 Å². The predicted molar refractivity (Wildman–Crippen MR) is 141 cm³/mol. The standard InChI is InChI=1S/C24H15IN6O6/c25-19-7-13(3-6-20(19)31-30-16-9-18(24(36)37)22(33)27-11-16)12-1-4-14(5-2-12)28-29-15-8-17(23(34)35)21(32)26-10-15/h1-11H,(H,26,32)(H,27,33)(H,34,35)(H,36,37). The minimum absolute atomic E-state index is 0.196. The molecule has 2 aromatic heterocycles. The smallest absolute Gasteiger partial charge is 0.341 e. The fourth-order valence-corrected chi connectivity index (χ4v) is 3.72. The van der Waals surface area contributed by atoms with Gasteiger partial charge in [0.05, 0.1) is 11.4 Å². The van der Waals surface area contributed by atoms with Crippen LogP contribution < -0.4 is 11.1 Å². The summed E-state index contributed by atoms with van der Waals surface area (Å²) in [5, 5.41) is 34.3. The molecule has 37 heavy (non-hydrogen) atoms. The molecule has 2 heterocycles. The van der Waals surface area contributed by atoms with E-state index in [1.807, 2.05) is 24.3 Å². The molecule has 0 unspecified atom stereocenters. The molecule has 0 spiro atoms. The van der Waals surface area contributed by atoms with Crippen LogP contribution in [0.25, 0.3) is 11.1 Å². The van der Waals surface area contributed by atoms with Crippen LogP contribution in [0.4, 0.5) is 22.7 Å². The summed E-state index contributed by atoms with van der Waals surface area (Å²) < 4.78 is 0.790. The molecular weight excluding hydrogens is 595 g/mol. The molecule has 184 valence electrons. The number of rotatable bonds is 7. The minimum atomic E-state index is -1.35. The highest BCUT2D eigenvalue weighted by molar-refractivity contribution is 14.1. The van der Waals surface area contributed by atoms with Crippen molar-refractivity contribution >= 4 is 57.3 Å². The number of nitrogens with one attached hydrogen (secondary N) is 2. The number of carboxylic acids is 2. The Labute approximate surface area is 220 Å². The first-order valence-electron chi connectivity index (χ1n) is 10.4. The zero-order chi connectivity index (χ0) is 26.5. The van der Waals surface area contributed by atoms with Crippen molar-refractivity contribution in [3.63, 3.8) is 0 Å². The molecule has 0 fully saturated rings. The maximum absolute atomic E-state index is 11.5. The average molecular weight is 610 g/mol. The van der Waals surface area contributed by atoms with Gasteiger partial charge in [-0.15, -0.1) is 15.3 Å². The Morgan fingerprint density at radius 2 is 1.14 bits per heavy atom. The number of hydrogen-bond donors (Lipinski definition) is 4. The largest absolute Gasteiger partial charge is 0.477 e. The first-order valence-corrected chi connectivity index (χ1v) is 11.4. The maximum atomic E-state index is 11.5. The van der Waals surface area contributed by atoms with Crippen LogP contribution in [-0.4, -0.2) is 32.1 Å². The van der Waals surface area contributed by atoms with Crippen LogP contribution in [0.3, 0.4) is 0 Å². The zero-order valence-corrected chi connectivity index (χ0v) is 20.7. The van der Waals surface area contributed by atoms with Gasteiger partial charge in [0.25, 0.3) is 11.1 Å². The van der Waals surface area contributed by atoms with Gasteiger partial charge in [0, 0.05) is 16.0 Å². The number of carbonyl (C=O) groups is 2. The van der Waals surface area contributed by atoms with E-state index in [9.17, 15) is 19.2 Å². The van der Waals surface area contributed by atoms with Gasteiger partial charge in [-0.2, -0.15) is 5.11 Å². The summed E-state index contributed by atoms with van der Waals surface area (Å²) in [6.45, 7) is 0. The van der Waals surface area contributed by atoms with Crippen molar-refractivity contribution in [2.45, 2.75) is 0 Å². The van der Waals surface area contributed by atoms with Crippen LogP contribution in [-0.2, 0) is 0 Å². The normalized spacial score (nSPS) is 11.3. The van der Waals surface area contributed by atoms with Gasteiger partial charge in [0.2, 0.25) is 0 Å². The molecule has 0 radical (unpaired) electrons. The van der Waals surface area contributed by atoms with Crippen molar-refractivity contribution in [1.29, 1.82) is 0 Å². The predicted octanol–water partition coefficient (Wildman–Crippen LogP) is 5.56. The van der Waals surface area contributed by atoms with Gasteiger partial charge in [-0.05, 0) is 70.1 Å². The molecule has 0 bridgehead atoms. The number of hydrogen-bond acceptors (Lipinski definition) is 8. The third-order valence-electron chi connectivity index (χ3n) is 4.94. The van der Waals surface area contributed by atoms with Gasteiger partial charge in [0.15, 0.2) is 0 Å². The second kappa shape index (κ2) is 10.9. The third kappa shape index (κ3) is 6.07. The Bertz CT molecular complexity index is 1690. The molecule has 4 rings (SSSR count). The maximum Gasteiger partial charge on any atom is 0.341 e. The van der Waals surface area contributed by atoms with Gasteiger partial charge in [-0.25, -0.2) is 9.59 Å². The fraction of sp³-hybridized carbons (Fsp3) is 0. The molecule has 0 aliphatic carbocycles. The Hall–Kier alpha value is -4.79. The fourth-order valence-electron chi connectivity index (χ4n) is 3.09. The van der Waals surface area contributed by atoms with Gasteiger partial charge in [-0.3, -0.25) is 9.59 Å². The van der Waals surface area contributed by atoms with E-state index in [1.165, 1.54) is 12.4 Å². The first-order chi connectivity index (χ1) is 17.7. The summed E-state index contributed by atoms with van der Waals surface area (Å²) in [4.78, 5) is 49.8. The first kappa shape index (κ1) is 25.3. The number of carboxylic acid groups (broad SMARTS) is 2. The summed E-state index contributed by atoms with van der Waals surface area (Å²) in [7, 11) is 0. The summed E-state index contributed by atoms with van der Waals surface area (Å²) in [6, 6.07) is 14.9. The lowest BCUT2D eigenvalue weighted by atomic mass is 10.1. The van der Waals surface area contributed by atoms with E-state index in [2.05, 4.69) is 53.0 Å². The van der Waals surface area contributed by atoms with Crippen molar-refractivity contribution in [2.75, 3.05) is 0 Å². The molecular formula is C24H15IN6O6. The van der Waals surface area contributed by atoms with Crippen LogP contribution in [0, 0.1) is 3.57 Å². The van der Waals surface area contributed by atoms with Crippen LogP contribution in [0.1, 0.15) is 20.7 Å². The molecule has 4 aromatic rings. The molecule has 0 aliphatic heterocycles. The van der Waals surface area contributed by atoms with Crippen molar-refractivity contribution in [3.05, 3.63) is 102 Å². The average Bonchev–Trinajstić information content (AvgIpc) is 2.88. The molecule has 0 saturated heterocycles. The number of aromatic carboxylic acids is 2. The highest BCUT2D eigenvalue weighted by atomic mass is 127. The van der Waals surface area contributed by atoms with Gasteiger partial charge < -0.3 is 20.2 Å². The Balaban J connectivity index is 1.49. The van der Waals surface area contributed by atoms with E-state index in [1.54, 1.807) is 18.2 Å². The highest BCUT2D eigenvalue weighted by Crippen LogP contribution is 2.30. The number of benzene rings is 2. The zero-order valence-electron chi connectivity index (χ0n) is 18.5. The molecule has 2 aromatic carbocycles. The minimum Gasteiger partial charge on any atom is -0.477 e. The van der Waals surface area contributed by atoms with Crippen LogP contribution in [0.5, 0.6) is 0 Å². The second-order valence-electron chi connectivity index (χ2n) is 7.42. The van der Waals surface area contributed by atoms with Gasteiger partial charge in [-0.1, -0.05) is 18.2 Å². The number of aromatic amines is 2.